The highest BCUT2D eigenvalue weighted by molar-refractivity contribution is 6.33. The maximum atomic E-state index is 12.1. The van der Waals surface area contributed by atoms with Crippen LogP contribution in [0.4, 0.5) is 5.69 Å². The van der Waals surface area contributed by atoms with Crippen LogP contribution in [0.1, 0.15) is 12.5 Å². The van der Waals surface area contributed by atoms with Crippen LogP contribution in [0.3, 0.4) is 0 Å². The topological polar surface area (TPSA) is 32.3 Å². The minimum absolute atomic E-state index is 0.0547. The molecule has 2 aromatic rings. The molecule has 0 atom stereocenters. The minimum Gasteiger partial charge on any atom is -0.324 e. The van der Waals surface area contributed by atoms with Gasteiger partial charge in [0.25, 0.3) is 0 Å². The van der Waals surface area contributed by atoms with Crippen LogP contribution in [0.15, 0.2) is 54.6 Å². The van der Waals surface area contributed by atoms with Crippen molar-refractivity contribution in [1.82, 2.24) is 4.90 Å². The largest absolute Gasteiger partial charge is 0.324 e. The van der Waals surface area contributed by atoms with Crippen molar-refractivity contribution >= 4 is 23.2 Å². The fraction of sp³-hybridized carbons (Fsp3) is 0.235. The summed E-state index contributed by atoms with van der Waals surface area (Å²) in [5.41, 5.74) is 1.85. The molecule has 0 saturated heterocycles. The van der Waals surface area contributed by atoms with Crippen molar-refractivity contribution in [1.29, 1.82) is 0 Å². The van der Waals surface area contributed by atoms with Crippen molar-refractivity contribution in [2.45, 2.75) is 13.5 Å². The molecular weight excluding hydrogens is 284 g/mol. The first-order chi connectivity index (χ1) is 10.2. The van der Waals surface area contributed by atoms with Gasteiger partial charge in [0.15, 0.2) is 0 Å². The van der Waals surface area contributed by atoms with E-state index in [0.29, 0.717) is 17.3 Å². The number of nitrogens with one attached hydrogen (secondary N) is 1. The molecule has 0 radical (unpaired) electrons. The van der Waals surface area contributed by atoms with Crippen molar-refractivity contribution in [2.24, 2.45) is 0 Å². The number of hydrogen-bond donors (Lipinski definition) is 1. The Hall–Kier alpha value is -1.84. The maximum Gasteiger partial charge on any atom is 0.238 e. The molecule has 3 nitrogen and oxygen atoms in total. The number of rotatable bonds is 6. The highest BCUT2D eigenvalue weighted by Crippen LogP contribution is 2.20. The Balaban J connectivity index is 1.92. The molecule has 0 saturated carbocycles. The Bertz CT molecular complexity index is 586. The van der Waals surface area contributed by atoms with Gasteiger partial charge in [-0.2, -0.15) is 0 Å². The summed E-state index contributed by atoms with van der Waals surface area (Å²) in [7, 11) is 0. The van der Waals surface area contributed by atoms with Gasteiger partial charge < -0.3 is 5.32 Å². The number of carbonyl (C=O) groups is 1. The minimum atomic E-state index is -0.0547. The van der Waals surface area contributed by atoms with Crippen molar-refractivity contribution in [3.8, 4) is 0 Å². The van der Waals surface area contributed by atoms with E-state index in [9.17, 15) is 4.79 Å². The van der Waals surface area contributed by atoms with Gasteiger partial charge in [0.1, 0.15) is 0 Å². The van der Waals surface area contributed by atoms with E-state index >= 15 is 0 Å². The van der Waals surface area contributed by atoms with Gasteiger partial charge in [-0.05, 0) is 24.2 Å². The summed E-state index contributed by atoms with van der Waals surface area (Å²) in [6.45, 7) is 3.96. The molecule has 0 bridgehead atoms. The van der Waals surface area contributed by atoms with Crippen molar-refractivity contribution < 1.29 is 4.79 Å². The first kappa shape index (κ1) is 15.5. The number of amides is 1. The lowest BCUT2D eigenvalue weighted by Crippen LogP contribution is -2.32. The highest BCUT2D eigenvalue weighted by atomic mass is 35.5. The van der Waals surface area contributed by atoms with Gasteiger partial charge in [0.05, 0.1) is 17.3 Å². The van der Waals surface area contributed by atoms with Crippen LogP contribution in [0.5, 0.6) is 0 Å². The van der Waals surface area contributed by atoms with Gasteiger partial charge >= 0.3 is 0 Å². The molecule has 2 rings (SSSR count). The molecule has 1 N–H and O–H groups in total. The lowest BCUT2D eigenvalue weighted by atomic mass is 10.2. The zero-order chi connectivity index (χ0) is 15.1. The third-order valence-electron chi connectivity index (χ3n) is 3.21. The molecule has 0 aliphatic carbocycles. The highest BCUT2D eigenvalue weighted by Gasteiger charge is 2.11. The van der Waals surface area contributed by atoms with Crippen LogP contribution in [-0.2, 0) is 11.3 Å². The monoisotopic (exact) mass is 302 g/mol. The van der Waals surface area contributed by atoms with Gasteiger partial charge in [0.2, 0.25) is 5.91 Å². The first-order valence-electron chi connectivity index (χ1n) is 6.99. The number of nitrogens with zero attached hydrogens (tertiary/aromatic N) is 1. The number of para-hydroxylation sites is 1. The van der Waals surface area contributed by atoms with E-state index in [0.717, 1.165) is 13.1 Å². The van der Waals surface area contributed by atoms with Crippen LogP contribution in [0.25, 0.3) is 0 Å². The number of hydrogen-bond acceptors (Lipinski definition) is 2. The zero-order valence-electron chi connectivity index (χ0n) is 12.1. The SMILES string of the molecule is CCN(CC(=O)Nc1ccccc1Cl)Cc1ccccc1. The average Bonchev–Trinajstić information content (AvgIpc) is 2.50. The van der Waals surface area contributed by atoms with Crippen molar-refractivity contribution in [3.63, 3.8) is 0 Å². The summed E-state index contributed by atoms with van der Waals surface area (Å²) in [6, 6.07) is 17.4. The number of anilines is 1. The number of benzene rings is 2. The van der Waals surface area contributed by atoms with Crippen LogP contribution >= 0.6 is 11.6 Å². The molecule has 1 amide bonds. The van der Waals surface area contributed by atoms with Gasteiger partial charge in [-0.15, -0.1) is 0 Å². The second-order valence-corrected chi connectivity index (χ2v) is 5.22. The lowest BCUT2D eigenvalue weighted by molar-refractivity contribution is -0.117. The van der Waals surface area contributed by atoms with E-state index in [4.69, 9.17) is 11.6 Å². The normalized spacial score (nSPS) is 10.6. The lowest BCUT2D eigenvalue weighted by Gasteiger charge is -2.20. The number of halogens is 1. The maximum absolute atomic E-state index is 12.1. The molecule has 21 heavy (non-hydrogen) atoms. The zero-order valence-corrected chi connectivity index (χ0v) is 12.8. The van der Waals surface area contributed by atoms with Crippen molar-refractivity contribution in [3.05, 3.63) is 65.2 Å². The summed E-state index contributed by atoms with van der Waals surface area (Å²) in [5.74, 6) is -0.0547. The number of likely N-dealkylation sites (N-methyl/N-ethyl adjacent to an activating group) is 1. The summed E-state index contributed by atoms with van der Waals surface area (Å²) in [5, 5.41) is 3.40. The summed E-state index contributed by atoms with van der Waals surface area (Å²) in [4.78, 5) is 14.2. The fourth-order valence-corrected chi connectivity index (χ4v) is 2.26. The summed E-state index contributed by atoms with van der Waals surface area (Å²) >= 11 is 6.04. The number of carbonyl (C=O) groups excluding carboxylic acids is 1. The van der Waals surface area contributed by atoms with E-state index in [1.807, 2.05) is 37.3 Å². The molecule has 0 unspecified atom stereocenters. The Labute approximate surface area is 130 Å². The Morgan fingerprint density at radius 3 is 2.43 bits per heavy atom. The van der Waals surface area contributed by atoms with Crippen LogP contribution < -0.4 is 5.32 Å². The van der Waals surface area contributed by atoms with Gasteiger partial charge in [0, 0.05) is 6.54 Å². The quantitative estimate of drug-likeness (QED) is 0.880. The molecule has 110 valence electrons. The molecule has 2 aromatic carbocycles. The predicted molar refractivity (Wildman–Crippen MR) is 87.5 cm³/mol. The third-order valence-corrected chi connectivity index (χ3v) is 3.54. The molecular formula is C17H19ClN2O. The second-order valence-electron chi connectivity index (χ2n) is 4.82. The molecule has 4 heteroatoms. The smallest absolute Gasteiger partial charge is 0.238 e. The molecule has 0 aliphatic heterocycles. The van der Waals surface area contributed by atoms with Crippen LogP contribution in [0, 0.1) is 0 Å². The Morgan fingerprint density at radius 1 is 1.10 bits per heavy atom. The molecule has 0 aliphatic rings. The molecule has 0 spiro atoms. The molecule has 0 fully saturated rings. The van der Waals surface area contributed by atoms with E-state index in [-0.39, 0.29) is 5.91 Å². The Kier molecular flexibility index (Phi) is 5.78. The fourth-order valence-electron chi connectivity index (χ4n) is 2.08. The molecule has 0 aromatic heterocycles. The van der Waals surface area contributed by atoms with Gasteiger partial charge in [-0.3, -0.25) is 9.69 Å². The van der Waals surface area contributed by atoms with Crippen LogP contribution in [0.2, 0.25) is 5.02 Å². The van der Waals surface area contributed by atoms with E-state index in [1.54, 1.807) is 12.1 Å². The third kappa shape index (κ3) is 4.88. The molecule has 0 heterocycles. The van der Waals surface area contributed by atoms with E-state index in [2.05, 4.69) is 22.3 Å². The standard InChI is InChI=1S/C17H19ClN2O/c1-2-20(12-14-8-4-3-5-9-14)13-17(21)19-16-11-7-6-10-15(16)18/h3-11H,2,12-13H2,1H3,(H,19,21). The van der Waals surface area contributed by atoms with Crippen LogP contribution in [-0.4, -0.2) is 23.9 Å². The second kappa shape index (κ2) is 7.81. The van der Waals surface area contributed by atoms with Gasteiger partial charge in [-0.25, -0.2) is 0 Å². The summed E-state index contributed by atoms with van der Waals surface area (Å²) in [6.07, 6.45) is 0. The van der Waals surface area contributed by atoms with Crippen molar-refractivity contribution in [2.75, 3.05) is 18.4 Å². The van der Waals surface area contributed by atoms with E-state index < -0.39 is 0 Å². The predicted octanol–water partition coefficient (Wildman–Crippen LogP) is 3.80. The summed E-state index contributed by atoms with van der Waals surface area (Å²) < 4.78 is 0. The van der Waals surface area contributed by atoms with Gasteiger partial charge in [-0.1, -0.05) is 61.0 Å². The Morgan fingerprint density at radius 2 is 1.76 bits per heavy atom. The average molecular weight is 303 g/mol. The first-order valence-corrected chi connectivity index (χ1v) is 7.37. The van der Waals surface area contributed by atoms with E-state index in [1.165, 1.54) is 5.56 Å².